The Kier molecular flexibility index (Phi) is 170. The first-order valence-corrected chi connectivity index (χ1v) is 60.0. The molecule has 82 nitrogen and oxygen atoms in total. The first-order valence-electron chi connectivity index (χ1n) is 28.1. The van der Waals surface area contributed by atoms with E-state index in [1.165, 1.54) is 101 Å². The van der Waals surface area contributed by atoms with Crippen LogP contribution in [0, 0.1) is 233 Å². The molecule has 0 spiro atoms. The Hall–Kier alpha value is 6.84. The smallest absolute Gasteiger partial charge is 0.430 e. The zero-order valence-corrected chi connectivity index (χ0v) is 94.9. The predicted octanol–water partition coefficient (Wildman–Crippen LogP) is -83.3. The molecule has 4 unspecified atom stereocenters. The fourth-order valence-electron chi connectivity index (χ4n) is 4.60. The number of ether oxygens (including phenoxy) is 2. The van der Waals surface area contributed by atoms with Crippen LogP contribution in [0.4, 0.5) is 0 Å². The van der Waals surface area contributed by atoms with Crippen LogP contribution in [-0.4, -0.2) is 72.7 Å². The summed E-state index contributed by atoms with van der Waals surface area (Å²) in [5.74, 6) is 0.763. The summed E-state index contributed by atoms with van der Waals surface area (Å²) in [6, 6.07) is 0. The maximum atomic E-state index is 8.49. The van der Waals surface area contributed by atoms with E-state index in [9.17, 15) is 0 Å². The van der Waals surface area contributed by atoms with Crippen molar-refractivity contribution in [1.82, 2.24) is 0 Å². The third-order valence-electron chi connectivity index (χ3n) is 6.34. The van der Waals surface area contributed by atoms with Crippen LogP contribution in [0.25, 0.3) is 0 Å². The van der Waals surface area contributed by atoms with Gasteiger partial charge in [0.1, 0.15) is 0 Å². The number of hydrogen-bond donors (Lipinski definition) is 0. The van der Waals surface area contributed by atoms with Gasteiger partial charge in [0.05, 0.1) is 0 Å². The Morgan fingerprint density at radius 1 is 0.127 bits per heavy atom. The van der Waals surface area contributed by atoms with Crippen molar-refractivity contribution in [3.05, 3.63) is 27.7 Å². The van der Waals surface area contributed by atoms with Crippen molar-refractivity contribution < 1.29 is 667 Å². The average Bonchev–Trinajstić information content (AvgIpc) is 0.903. The molecule has 0 aromatic rings. The van der Waals surface area contributed by atoms with Gasteiger partial charge in [-0.15, -0.1) is 237 Å². The van der Waals surface area contributed by atoms with Gasteiger partial charge in [-0.05, 0) is 72.7 Å². The Bertz CT molecular complexity index is 1670. The molecule has 142 heavy (non-hydrogen) atoms. The van der Waals surface area contributed by atoms with E-state index in [2.05, 4.69) is 83.1 Å². The van der Waals surface area contributed by atoms with E-state index in [0.717, 1.165) is 0 Å². The molecule has 0 fully saturated rings. The summed E-state index contributed by atoms with van der Waals surface area (Å²) in [6.07, 6.45) is 20.4. The number of hydrogen-bond acceptors (Lipinski definition) is 82. The van der Waals surface area contributed by atoms with Gasteiger partial charge in [-0.25, -0.2) is 373 Å². The van der Waals surface area contributed by atoms with Crippen LogP contribution >= 0.6 is 31.7 Å². The van der Waals surface area contributed by atoms with E-state index in [1.54, 1.807) is 0 Å². The van der Waals surface area contributed by atoms with E-state index in [1.807, 2.05) is 0 Å². The Morgan fingerprint density at radius 3 is 0.190 bits per heavy atom. The van der Waals surface area contributed by atoms with Gasteiger partial charge >= 0.3 is 80.4 Å². The van der Waals surface area contributed by atoms with Gasteiger partial charge in [-0.3, -0.25) is 0 Å². The second kappa shape index (κ2) is 112. The van der Waals surface area contributed by atoms with Crippen molar-refractivity contribution in [1.29, 1.82) is 0 Å². The first kappa shape index (κ1) is 216. The molecular formula is C32H68Cl20O82P4Tc4. The van der Waals surface area contributed by atoms with E-state index in [-0.39, 0.29) is 135 Å². The molecule has 0 N–H and O–H groups in total. The second-order valence-electron chi connectivity index (χ2n) is 17.8. The molecule has 0 aliphatic rings. The molecule has 0 bridgehead atoms. The summed E-state index contributed by atoms with van der Waals surface area (Å²) >= 11 is 0. The zero-order valence-electron chi connectivity index (χ0n) is 68.8. The third-order valence-corrected chi connectivity index (χ3v) is 18.3. The minimum atomic E-state index is -4.94. The van der Waals surface area contributed by atoms with Crippen LogP contribution < -0.4 is 373 Å². The maximum Gasteiger partial charge on any atom is 6.00 e. The van der Waals surface area contributed by atoms with Crippen molar-refractivity contribution in [2.24, 2.45) is 0 Å². The minimum absolute atomic E-state index is 0. The van der Waals surface area contributed by atoms with Gasteiger partial charge in [0.2, 0.25) is 0 Å². The molecule has 0 aromatic carbocycles. The molecule has 4 radical (unpaired) electrons. The normalized spacial score (nSPS) is 12.5. The van der Waals surface area contributed by atoms with Crippen LogP contribution in [0.3, 0.4) is 0 Å². The third kappa shape index (κ3) is 1040. The Morgan fingerprint density at radius 2 is 0.162 bits per heavy atom. The Balaban J connectivity index is -0.0000000424. The van der Waals surface area contributed by atoms with Crippen LogP contribution in [0.15, 0.2) is 0 Å². The molecule has 0 aliphatic carbocycles. The van der Waals surface area contributed by atoms with Crippen LogP contribution in [-0.2, 0) is 89.9 Å². The van der Waals surface area contributed by atoms with Crippen LogP contribution in [0.5, 0.6) is 0 Å². The number of rotatable bonds is 24. The van der Waals surface area contributed by atoms with E-state index < -0.39 is 205 Å². The van der Waals surface area contributed by atoms with E-state index in [4.69, 9.17) is 382 Å². The molecule has 0 aromatic heterocycles. The van der Waals surface area contributed by atoms with Crippen LogP contribution in [0.1, 0.15) is 107 Å². The molecule has 0 amide bonds. The molecule has 0 rings (SSSR count). The Labute approximate surface area is 898 Å². The molecule has 110 heteroatoms. The monoisotopic (exact) mass is 2980 g/mol. The van der Waals surface area contributed by atoms with E-state index in [0.29, 0.717) is 0 Å². The maximum absolute atomic E-state index is 8.49. The molecular weight excluding hydrogens is 2920 g/mol. The van der Waals surface area contributed by atoms with Crippen LogP contribution in [0.2, 0.25) is 0 Å². The van der Waals surface area contributed by atoms with Crippen molar-refractivity contribution in [3.63, 3.8) is 0 Å². The molecule has 0 saturated carbocycles. The summed E-state index contributed by atoms with van der Waals surface area (Å²) in [6.45, 7) is 35.3. The molecule has 0 heterocycles. The fraction of sp³-hybridized carbons (Fsp3) is 0.875. The predicted molar refractivity (Wildman–Crippen MR) is 188 cm³/mol. The number of halogens is 20. The molecule has 0 aliphatic heterocycles. The van der Waals surface area contributed by atoms with Gasteiger partial charge in [0.25, 0.3) is 0 Å². The molecule has 0 saturated heterocycles. The summed E-state index contributed by atoms with van der Waals surface area (Å²) in [7, 11) is -99.1. The fourth-order valence-corrected chi connectivity index (χ4v) is 13.9. The van der Waals surface area contributed by atoms with Crippen molar-refractivity contribution in [3.8, 4) is 0 Å². The van der Waals surface area contributed by atoms with Gasteiger partial charge < -0.3 is 37.2 Å². The average molecular weight is 2990 g/mol. The topological polar surface area (TPSA) is 1860 Å². The van der Waals surface area contributed by atoms with Gasteiger partial charge in [-0.1, -0.05) is 107 Å². The van der Waals surface area contributed by atoms with Crippen molar-refractivity contribution >= 4 is 31.7 Å². The SMILES string of the molecule is [CH2-]C(OC([CH2-])P(CCC)CCC)P(CCC)CCC.[CH2-]C(OC([CH2-])P(CCC)CCC)P(CCC)CCC.[O-][Cl+3]([O-])([O-])[O-].[O-][Cl+3]([O-])([O-])[O-].[O-][Cl+3]([O-])([O-])[O-].[O-][Cl+3]([O-])([O-])[O-].[O-][Cl+3]([O-])([O-])[O-].[O-][Cl+3]([O-])([O-])[O-].[O-][Cl+3]([O-])([O-])[O-].[O-][Cl+3]([O-])([O-])[O-].[O-][Cl+3]([O-])([O-])[O-].[O-][Cl+3]([O-])([O-])[O-].[O-][Cl+3]([O-])([O-])[O-].[O-][Cl+3]([O-])([O-])[O-].[O-][Cl+3]([O-])([O-])[O-].[O-][Cl+3]([O-])([O-])[O-].[O-][Cl+3]([O-])([O-])[O-].[O-][Cl+3]([O-])([O-])[O-].[O-][Cl+3]([O-])([O-])[O-].[O-][Cl+3]([O-])([O-])[O-].[O-][Cl+3]([O-])([O-])[O-].[O-][Cl+3]([O-])([O-])[O-].[Tc+6].[Tc+6].[Tc+6].[Tc+6]. The summed E-state index contributed by atoms with van der Waals surface area (Å²) in [5.41, 5.74) is 0. The van der Waals surface area contributed by atoms with Crippen molar-refractivity contribution in [2.75, 3.05) is 49.3 Å². The standard InChI is InChI=1S/2C16H34OP2.20ClHO4.4Tc/c2*1-7-11-18(12-8-2)15(5)17-16(6)19(13-9-3)14-10-4;20*2-1(3,4)5;;;;/h2*15-16H,5-14H2,1-4H3;20*(H,2,3,4,5);;;;/q2*-2;;;;;;;;;;;;;;;;;;;;;4*+6/p-20. The summed E-state index contributed by atoms with van der Waals surface area (Å²) < 4.78 is 692. The first-order chi connectivity index (χ1) is 58.2. The van der Waals surface area contributed by atoms with Gasteiger partial charge in [0.15, 0.2) is 0 Å². The largest absolute Gasteiger partial charge is 6.00 e. The van der Waals surface area contributed by atoms with Gasteiger partial charge in [0, 0.05) is 0 Å². The zero-order chi connectivity index (χ0) is 119. The summed E-state index contributed by atoms with van der Waals surface area (Å²) in [5, 5.41) is 0. The minimum Gasteiger partial charge on any atom is -0.430 e. The molecule has 876 valence electrons. The summed E-state index contributed by atoms with van der Waals surface area (Å²) in [4.78, 5) is 0. The van der Waals surface area contributed by atoms with Gasteiger partial charge in [-0.2, -0.15) is 0 Å². The molecule has 4 atom stereocenters. The van der Waals surface area contributed by atoms with Crippen molar-refractivity contribution in [2.45, 2.75) is 130 Å². The second-order valence-corrected chi connectivity index (χ2v) is 43.5. The quantitative estimate of drug-likeness (QED) is 0.0639. The van der Waals surface area contributed by atoms with E-state index >= 15 is 0 Å².